The fourth-order valence-corrected chi connectivity index (χ4v) is 4.67. The lowest BCUT2D eigenvalue weighted by Gasteiger charge is -2.11. The minimum absolute atomic E-state index is 0.588. The number of ether oxygens (including phenoxy) is 1. The number of rotatable bonds is 5. The van der Waals surface area contributed by atoms with Crippen molar-refractivity contribution >= 4 is 5.82 Å². The van der Waals surface area contributed by atoms with Gasteiger partial charge in [-0.2, -0.15) is 5.10 Å². The van der Waals surface area contributed by atoms with Gasteiger partial charge in [0.25, 0.3) is 0 Å². The summed E-state index contributed by atoms with van der Waals surface area (Å²) in [4.78, 5) is 0. The second-order valence-corrected chi connectivity index (χ2v) is 8.26. The topological polar surface area (TPSA) is 39.1 Å². The molecule has 0 bridgehead atoms. The van der Waals surface area contributed by atoms with Crippen LogP contribution < -0.4 is 10.1 Å². The van der Waals surface area contributed by atoms with E-state index < -0.39 is 0 Å². The van der Waals surface area contributed by atoms with Crippen molar-refractivity contribution < 1.29 is 4.74 Å². The molecule has 1 saturated carbocycles. The van der Waals surface area contributed by atoms with Crippen molar-refractivity contribution in [3.63, 3.8) is 0 Å². The van der Waals surface area contributed by atoms with Crippen LogP contribution in [0.2, 0.25) is 0 Å². The third-order valence-electron chi connectivity index (χ3n) is 6.23. The predicted octanol–water partition coefficient (Wildman–Crippen LogP) is 5.86. The Kier molecular flexibility index (Phi) is 5.25. The maximum Gasteiger partial charge on any atom is 0.133 e. The molecule has 5 rings (SSSR count). The van der Waals surface area contributed by atoms with Crippen LogP contribution >= 0.6 is 0 Å². The SMILES string of the molecule is c1ccc(COc2ccc(-n3nc(C4CCCC4)c4c3NCCCC4)cc2)cc1. The van der Waals surface area contributed by atoms with E-state index in [-0.39, 0.29) is 0 Å². The van der Waals surface area contributed by atoms with Gasteiger partial charge in [0.05, 0.1) is 11.4 Å². The molecule has 0 radical (unpaired) electrons. The molecule has 2 heterocycles. The molecule has 150 valence electrons. The average Bonchev–Trinajstić information content (AvgIpc) is 3.35. The van der Waals surface area contributed by atoms with Crippen molar-refractivity contribution in [3.05, 3.63) is 71.4 Å². The van der Waals surface area contributed by atoms with Crippen LogP contribution in [0.5, 0.6) is 5.75 Å². The van der Waals surface area contributed by atoms with Gasteiger partial charge >= 0.3 is 0 Å². The molecule has 29 heavy (non-hydrogen) atoms. The van der Waals surface area contributed by atoms with Crippen molar-refractivity contribution in [2.75, 3.05) is 11.9 Å². The Bertz CT molecular complexity index is 940. The third kappa shape index (κ3) is 3.89. The van der Waals surface area contributed by atoms with Crippen LogP contribution in [0.15, 0.2) is 54.6 Å². The minimum Gasteiger partial charge on any atom is -0.489 e. The van der Waals surface area contributed by atoms with Crippen molar-refractivity contribution in [2.24, 2.45) is 0 Å². The van der Waals surface area contributed by atoms with E-state index in [2.05, 4.69) is 46.4 Å². The molecule has 1 aromatic heterocycles. The van der Waals surface area contributed by atoms with Crippen LogP contribution in [-0.4, -0.2) is 16.3 Å². The molecule has 4 nitrogen and oxygen atoms in total. The van der Waals surface area contributed by atoms with Crippen LogP contribution in [0.4, 0.5) is 5.82 Å². The van der Waals surface area contributed by atoms with Crippen molar-refractivity contribution in [1.29, 1.82) is 0 Å². The number of fused-ring (bicyclic) bond motifs is 1. The first-order chi connectivity index (χ1) is 14.4. The number of benzene rings is 2. The van der Waals surface area contributed by atoms with E-state index in [9.17, 15) is 0 Å². The first-order valence-corrected chi connectivity index (χ1v) is 11.0. The highest BCUT2D eigenvalue weighted by Crippen LogP contribution is 2.39. The van der Waals surface area contributed by atoms with Gasteiger partial charge in [0.15, 0.2) is 0 Å². The third-order valence-corrected chi connectivity index (χ3v) is 6.23. The number of hydrogen-bond donors (Lipinski definition) is 1. The van der Waals surface area contributed by atoms with E-state index in [1.54, 1.807) is 0 Å². The van der Waals surface area contributed by atoms with Gasteiger partial charge in [-0.05, 0) is 61.9 Å². The molecular formula is C25H29N3O. The zero-order chi connectivity index (χ0) is 19.5. The first kappa shape index (κ1) is 18.3. The second-order valence-electron chi connectivity index (χ2n) is 8.26. The molecule has 0 unspecified atom stereocenters. The Morgan fingerprint density at radius 1 is 0.931 bits per heavy atom. The maximum absolute atomic E-state index is 5.96. The Balaban J connectivity index is 1.40. The Morgan fingerprint density at radius 2 is 1.72 bits per heavy atom. The lowest BCUT2D eigenvalue weighted by Crippen LogP contribution is -2.07. The molecule has 0 spiro atoms. The highest BCUT2D eigenvalue weighted by atomic mass is 16.5. The number of anilines is 1. The monoisotopic (exact) mass is 387 g/mol. The van der Waals surface area contributed by atoms with Crippen LogP contribution in [0.1, 0.15) is 61.3 Å². The van der Waals surface area contributed by atoms with Gasteiger partial charge in [-0.25, -0.2) is 4.68 Å². The molecule has 3 aromatic rings. The Morgan fingerprint density at radius 3 is 2.52 bits per heavy atom. The van der Waals surface area contributed by atoms with Gasteiger partial charge in [-0.3, -0.25) is 0 Å². The molecular weight excluding hydrogens is 358 g/mol. The molecule has 0 atom stereocenters. The fraction of sp³-hybridized carbons (Fsp3) is 0.400. The Hall–Kier alpha value is -2.75. The van der Waals surface area contributed by atoms with Crippen LogP contribution in [-0.2, 0) is 13.0 Å². The van der Waals surface area contributed by atoms with Crippen molar-refractivity contribution in [2.45, 2.75) is 57.5 Å². The summed E-state index contributed by atoms with van der Waals surface area (Å²) in [5.74, 6) is 2.74. The quantitative estimate of drug-likeness (QED) is 0.596. The van der Waals surface area contributed by atoms with Gasteiger partial charge in [-0.15, -0.1) is 0 Å². The van der Waals surface area contributed by atoms with Gasteiger partial charge in [-0.1, -0.05) is 43.2 Å². The lowest BCUT2D eigenvalue weighted by molar-refractivity contribution is 0.306. The van der Waals surface area contributed by atoms with Gasteiger partial charge in [0, 0.05) is 18.0 Å². The molecule has 1 aliphatic carbocycles. The summed E-state index contributed by atoms with van der Waals surface area (Å²) < 4.78 is 8.09. The van der Waals surface area contributed by atoms with Crippen molar-refractivity contribution in [1.82, 2.24) is 9.78 Å². The fourth-order valence-electron chi connectivity index (χ4n) is 4.67. The first-order valence-electron chi connectivity index (χ1n) is 11.0. The van der Waals surface area contributed by atoms with Crippen molar-refractivity contribution in [3.8, 4) is 11.4 Å². The van der Waals surface area contributed by atoms with E-state index in [0.717, 1.165) is 24.4 Å². The van der Waals surface area contributed by atoms with Gasteiger partial charge in [0.1, 0.15) is 18.2 Å². The molecule has 1 fully saturated rings. The highest BCUT2D eigenvalue weighted by Gasteiger charge is 2.27. The molecule has 2 aliphatic rings. The number of nitrogens with zero attached hydrogens (tertiary/aromatic N) is 2. The molecule has 2 aromatic carbocycles. The summed E-state index contributed by atoms with van der Waals surface area (Å²) in [6.07, 6.45) is 8.88. The van der Waals surface area contributed by atoms with E-state index >= 15 is 0 Å². The van der Waals surface area contributed by atoms with Crippen LogP contribution in [0.25, 0.3) is 5.69 Å². The standard InChI is InChI=1S/C25H29N3O/c1-2-8-19(9-3-1)18-29-22-15-13-21(14-16-22)28-25-23(12-6-7-17-26-25)24(27-28)20-10-4-5-11-20/h1-3,8-9,13-16,20,26H,4-7,10-12,17-18H2. The summed E-state index contributed by atoms with van der Waals surface area (Å²) in [7, 11) is 0. The smallest absolute Gasteiger partial charge is 0.133 e. The summed E-state index contributed by atoms with van der Waals surface area (Å²) in [6.45, 7) is 1.62. The second kappa shape index (κ2) is 8.32. The van der Waals surface area contributed by atoms with E-state index in [1.165, 1.54) is 61.2 Å². The number of nitrogens with one attached hydrogen (secondary N) is 1. The molecule has 0 amide bonds. The summed E-state index contributed by atoms with van der Waals surface area (Å²) in [5.41, 5.74) is 5.08. The highest BCUT2D eigenvalue weighted by molar-refractivity contribution is 5.55. The molecule has 0 saturated heterocycles. The summed E-state index contributed by atoms with van der Waals surface area (Å²) >= 11 is 0. The predicted molar refractivity (Wildman–Crippen MR) is 117 cm³/mol. The summed E-state index contributed by atoms with van der Waals surface area (Å²) in [5, 5.41) is 8.79. The number of hydrogen-bond acceptors (Lipinski definition) is 3. The van der Waals surface area contributed by atoms with E-state index in [0.29, 0.717) is 12.5 Å². The molecule has 4 heteroatoms. The maximum atomic E-state index is 5.96. The lowest BCUT2D eigenvalue weighted by atomic mass is 9.97. The molecule has 1 N–H and O–H groups in total. The van der Waals surface area contributed by atoms with E-state index in [4.69, 9.17) is 9.84 Å². The Labute approximate surface area is 172 Å². The zero-order valence-corrected chi connectivity index (χ0v) is 16.9. The molecule has 1 aliphatic heterocycles. The largest absolute Gasteiger partial charge is 0.489 e. The number of aromatic nitrogens is 2. The van der Waals surface area contributed by atoms with Crippen LogP contribution in [0.3, 0.4) is 0 Å². The van der Waals surface area contributed by atoms with Crippen LogP contribution in [0, 0.1) is 0 Å². The van der Waals surface area contributed by atoms with Gasteiger partial charge < -0.3 is 10.1 Å². The summed E-state index contributed by atoms with van der Waals surface area (Å²) in [6, 6.07) is 18.6. The average molecular weight is 388 g/mol. The minimum atomic E-state index is 0.588. The normalized spacial score (nSPS) is 16.8. The van der Waals surface area contributed by atoms with Gasteiger partial charge in [0.2, 0.25) is 0 Å². The van der Waals surface area contributed by atoms with E-state index in [1.807, 2.05) is 18.2 Å². The zero-order valence-electron chi connectivity index (χ0n) is 16.9.